The summed E-state index contributed by atoms with van der Waals surface area (Å²) in [7, 11) is 0. The normalized spacial score (nSPS) is 19.7. The molecule has 2 aliphatic heterocycles. The molecule has 0 spiro atoms. The van der Waals surface area contributed by atoms with E-state index in [0.717, 1.165) is 16.8 Å². The highest BCUT2D eigenvalue weighted by molar-refractivity contribution is 8.15. The molecule has 0 saturated heterocycles. The molecule has 0 aliphatic carbocycles. The molecule has 34 heavy (non-hydrogen) atoms. The predicted molar refractivity (Wildman–Crippen MR) is 137 cm³/mol. The van der Waals surface area contributed by atoms with Gasteiger partial charge in [0.2, 0.25) is 5.91 Å². The molecule has 2 atom stereocenters. The van der Waals surface area contributed by atoms with Crippen molar-refractivity contribution < 1.29 is 9.59 Å². The van der Waals surface area contributed by atoms with Crippen LogP contribution in [0.2, 0.25) is 5.02 Å². The van der Waals surface area contributed by atoms with Crippen LogP contribution in [-0.2, 0) is 9.59 Å². The second kappa shape index (κ2) is 9.83. The van der Waals surface area contributed by atoms with Gasteiger partial charge in [0.25, 0.3) is 5.91 Å². The Bertz CT molecular complexity index is 1260. The van der Waals surface area contributed by atoms with Crippen molar-refractivity contribution in [3.8, 4) is 0 Å². The number of aliphatic imine (C=N–C) groups is 1. The maximum Gasteiger partial charge on any atom is 0.262 e. The first-order chi connectivity index (χ1) is 16.6. The number of rotatable bonds is 5. The van der Waals surface area contributed by atoms with Crippen molar-refractivity contribution in [3.05, 3.63) is 101 Å². The molecule has 2 heterocycles. The molecule has 3 aromatic carbocycles. The summed E-state index contributed by atoms with van der Waals surface area (Å²) in [6.45, 7) is 0. The summed E-state index contributed by atoms with van der Waals surface area (Å²) in [5.74, 6) is -0.537. The summed E-state index contributed by atoms with van der Waals surface area (Å²) in [5.41, 5.74) is 3.65. The van der Waals surface area contributed by atoms with E-state index in [2.05, 4.69) is 10.3 Å². The molecule has 0 unspecified atom stereocenters. The van der Waals surface area contributed by atoms with Crippen LogP contribution < -0.4 is 5.32 Å². The minimum Gasteiger partial charge on any atom is -0.326 e. The molecule has 8 heteroatoms. The lowest BCUT2D eigenvalue weighted by atomic mass is 9.99. The molecule has 0 saturated carbocycles. The number of carbonyl (C=O) groups excluding carboxylic acids is 2. The third-order valence-electron chi connectivity index (χ3n) is 5.63. The molecular weight excluding hydrogens is 468 g/mol. The number of anilines is 1. The van der Waals surface area contributed by atoms with Gasteiger partial charge < -0.3 is 5.32 Å². The molecule has 1 N–H and O–H groups in total. The van der Waals surface area contributed by atoms with Crippen molar-refractivity contribution in [2.24, 2.45) is 10.1 Å². The van der Waals surface area contributed by atoms with Crippen LogP contribution in [0.4, 0.5) is 5.69 Å². The maximum absolute atomic E-state index is 12.7. The standard InChI is InChI=1S/C26H21ClN4O2S/c27-19-13-11-17(12-14-19)21-15-22(18-7-3-1-4-8-18)31(30-21)26-29-25(33)23(34-26)16-24(32)28-20-9-5-2-6-10-20/h1-14,22-23H,15-16H2,(H,28,32)/t22-,23-/m1/s1. The molecule has 0 bridgehead atoms. The molecule has 3 aromatic rings. The number of hydrogen-bond acceptors (Lipinski definition) is 5. The predicted octanol–water partition coefficient (Wildman–Crippen LogP) is 5.52. The number of thioether (sulfide) groups is 1. The van der Waals surface area contributed by atoms with Gasteiger partial charge >= 0.3 is 0 Å². The van der Waals surface area contributed by atoms with Crippen LogP contribution in [0, 0.1) is 0 Å². The van der Waals surface area contributed by atoms with Gasteiger partial charge in [-0.05, 0) is 35.4 Å². The number of amides is 2. The van der Waals surface area contributed by atoms with Gasteiger partial charge in [-0.15, -0.1) is 0 Å². The first-order valence-corrected chi connectivity index (χ1v) is 12.1. The zero-order chi connectivity index (χ0) is 23.5. The number of hydrogen-bond donors (Lipinski definition) is 1. The van der Waals surface area contributed by atoms with Crippen LogP contribution in [0.25, 0.3) is 0 Å². The number of carbonyl (C=O) groups is 2. The lowest BCUT2D eigenvalue weighted by molar-refractivity contribution is -0.121. The van der Waals surface area contributed by atoms with E-state index in [0.29, 0.717) is 22.3 Å². The Morgan fingerprint density at radius 1 is 1.00 bits per heavy atom. The fourth-order valence-electron chi connectivity index (χ4n) is 3.94. The number of para-hydroxylation sites is 1. The Morgan fingerprint density at radius 2 is 1.68 bits per heavy atom. The summed E-state index contributed by atoms with van der Waals surface area (Å²) in [6.07, 6.45) is 0.710. The van der Waals surface area contributed by atoms with Gasteiger partial charge in [-0.2, -0.15) is 10.1 Å². The number of hydrazone groups is 1. The highest BCUT2D eigenvalue weighted by atomic mass is 35.5. The van der Waals surface area contributed by atoms with Crippen LogP contribution in [-0.4, -0.2) is 33.0 Å². The lowest BCUT2D eigenvalue weighted by Gasteiger charge is -2.23. The van der Waals surface area contributed by atoms with Crippen LogP contribution in [0.3, 0.4) is 0 Å². The Morgan fingerprint density at radius 3 is 2.38 bits per heavy atom. The van der Waals surface area contributed by atoms with Gasteiger partial charge in [0.05, 0.1) is 11.8 Å². The third-order valence-corrected chi connectivity index (χ3v) is 7.02. The highest BCUT2D eigenvalue weighted by Crippen LogP contribution is 2.38. The van der Waals surface area contributed by atoms with Gasteiger partial charge in [-0.3, -0.25) is 9.59 Å². The monoisotopic (exact) mass is 488 g/mol. The molecule has 6 nitrogen and oxygen atoms in total. The van der Waals surface area contributed by atoms with Crippen LogP contribution in [0.15, 0.2) is 95.0 Å². The summed E-state index contributed by atoms with van der Waals surface area (Å²) in [6, 6.07) is 26.7. The van der Waals surface area contributed by atoms with Gasteiger partial charge in [0, 0.05) is 23.6 Å². The molecule has 0 aromatic heterocycles. The number of amidine groups is 1. The SMILES string of the molecule is O=C(C[C@H]1SC(N2N=C(c3ccc(Cl)cc3)C[C@@H]2c2ccccc2)=NC1=O)Nc1ccccc1. The number of nitrogens with zero attached hydrogens (tertiary/aromatic N) is 3. The second-order valence-electron chi connectivity index (χ2n) is 7.99. The summed E-state index contributed by atoms with van der Waals surface area (Å²) in [5, 5.41) is 10.1. The van der Waals surface area contributed by atoms with E-state index in [9.17, 15) is 9.59 Å². The Labute approximate surface area is 206 Å². The largest absolute Gasteiger partial charge is 0.326 e. The highest BCUT2D eigenvalue weighted by Gasteiger charge is 2.39. The molecule has 2 aliphatic rings. The van der Waals surface area contributed by atoms with E-state index in [1.807, 2.05) is 89.9 Å². The first kappa shape index (κ1) is 22.4. The quantitative estimate of drug-likeness (QED) is 0.513. The van der Waals surface area contributed by atoms with Gasteiger partial charge in [-0.1, -0.05) is 84.0 Å². The fraction of sp³-hybridized carbons (Fsp3) is 0.154. The summed E-state index contributed by atoms with van der Waals surface area (Å²) < 4.78 is 0. The fourth-order valence-corrected chi connectivity index (χ4v) is 5.13. The van der Waals surface area contributed by atoms with E-state index in [1.54, 1.807) is 0 Å². The molecule has 5 rings (SSSR count). The first-order valence-electron chi connectivity index (χ1n) is 10.9. The topological polar surface area (TPSA) is 74.1 Å². The molecule has 2 amide bonds. The Hall–Kier alpha value is -3.42. The van der Waals surface area contributed by atoms with Gasteiger partial charge in [0.1, 0.15) is 5.25 Å². The summed E-state index contributed by atoms with van der Waals surface area (Å²) in [4.78, 5) is 29.5. The lowest BCUT2D eigenvalue weighted by Crippen LogP contribution is -2.25. The second-order valence-corrected chi connectivity index (χ2v) is 9.59. The minimum atomic E-state index is -0.579. The van der Waals surface area contributed by atoms with Crippen LogP contribution in [0.5, 0.6) is 0 Å². The minimum absolute atomic E-state index is 0.0446. The van der Waals surface area contributed by atoms with E-state index >= 15 is 0 Å². The zero-order valence-corrected chi connectivity index (χ0v) is 19.7. The van der Waals surface area contributed by atoms with Crippen molar-refractivity contribution in [1.82, 2.24) is 5.01 Å². The average molecular weight is 489 g/mol. The van der Waals surface area contributed by atoms with Crippen LogP contribution in [0.1, 0.15) is 30.0 Å². The van der Waals surface area contributed by atoms with Gasteiger partial charge in [0.15, 0.2) is 5.17 Å². The molecular formula is C26H21ClN4O2S. The maximum atomic E-state index is 12.7. The molecule has 0 radical (unpaired) electrons. The average Bonchev–Trinajstić information content (AvgIpc) is 3.45. The van der Waals surface area contributed by atoms with Crippen molar-refractivity contribution in [2.45, 2.75) is 24.1 Å². The van der Waals surface area contributed by atoms with Gasteiger partial charge in [-0.25, -0.2) is 5.01 Å². The van der Waals surface area contributed by atoms with Crippen LogP contribution >= 0.6 is 23.4 Å². The van der Waals surface area contributed by atoms with E-state index in [4.69, 9.17) is 16.7 Å². The Balaban J connectivity index is 1.35. The zero-order valence-electron chi connectivity index (χ0n) is 18.1. The smallest absolute Gasteiger partial charge is 0.262 e. The van der Waals surface area contributed by atoms with Crippen molar-refractivity contribution >= 4 is 51.7 Å². The third kappa shape index (κ3) is 4.90. The Kier molecular flexibility index (Phi) is 6.47. The number of benzene rings is 3. The van der Waals surface area contributed by atoms with Crippen molar-refractivity contribution in [1.29, 1.82) is 0 Å². The molecule has 170 valence electrons. The number of halogens is 1. The van der Waals surface area contributed by atoms with E-state index < -0.39 is 5.25 Å². The number of nitrogens with one attached hydrogen (secondary N) is 1. The van der Waals surface area contributed by atoms with E-state index in [-0.39, 0.29) is 24.3 Å². The molecule has 0 fully saturated rings. The van der Waals surface area contributed by atoms with Crippen molar-refractivity contribution in [2.75, 3.05) is 5.32 Å². The summed E-state index contributed by atoms with van der Waals surface area (Å²) >= 11 is 7.35. The van der Waals surface area contributed by atoms with Crippen molar-refractivity contribution in [3.63, 3.8) is 0 Å². The van der Waals surface area contributed by atoms with E-state index in [1.165, 1.54) is 11.8 Å².